The Bertz CT molecular complexity index is 400. The SMILES string of the molecule is CCNC(c1ccc2c(c1)COC2)C(C)C(C)C. The van der Waals surface area contributed by atoms with Gasteiger partial charge < -0.3 is 10.1 Å². The highest BCUT2D eigenvalue weighted by molar-refractivity contribution is 5.34. The van der Waals surface area contributed by atoms with Crippen LogP contribution in [-0.4, -0.2) is 6.54 Å². The molecule has 2 nitrogen and oxygen atoms in total. The lowest BCUT2D eigenvalue weighted by atomic mass is 9.85. The van der Waals surface area contributed by atoms with E-state index >= 15 is 0 Å². The van der Waals surface area contributed by atoms with Crippen LogP contribution in [0.4, 0.5) is 0 Å². The standard InChI is InChI=1S/C16H25NO/c1-5-17-16(12(4)11(2)3)13-6-7-14-9-18-10-15(14)8-13/h6-8,11-12,16-17H,5,9-10H2,1-4H3. The van der Waals surface area contributed by atoms with Crippen molar-refractivity contribution < 1.29 is 4.74 Å². The number of hydrogen-bond donors (Lipinski definition) is 1. The monoisotopic (exact) mass is 247 g/mol. The lowest BCUT2D eigenvalue weighted by molar-refractivity contribution is 0.134. The summed E-state index contributed by atoms with van der Waals surface area (Å²) in [5.41, 5.74) is 4.12. The van der Waals surface area contributed by atoms with Crippen molar-refractivity contribution in [1.29, 1.82) is 0 Å². The highest BCUT2D eigenvalue weighted by atomic mass is 16.5. The van der Waals surface area contributed by atoms with E-state index in [0.717, 1.165) is 19.8 Å². The van der Waals surface area contributed by atoms with Crippen LogP contribution >= 0.6 is 0 Å². The second kappa shape index (κ2) is 5.85. The van der Waals surface area contributed by atoms with Gasteiger partial charge in [0.15, 0.2) is 0 Å². The molecule has 0 fully saturated rings. The summed E-state index contributed by atoms with van der Waals surface area (Å²) in [5, 5.41) is 3.63. The second-order valence-corrected chi connectivity index (χ2v) is 5.66. The minimum Gasteiger partial charge on any atom is -0.372 e. The van der Waals surface area contributed by atoms with Crippen LogP contribution in [0.2, 0.25) is 0 Å². The number of hydrogen-bond acceptors (Lipinski definition) is 2. The zero-order chi connectivity index (χ0) is 13.1. The summed E-state index contributed by atoms with van der Waals surface area (Å²) in [4.78, 5) is 0. The Labute approximate surface area is 111 Å². The first-order valence-corrected chi connectivity index (χ1v) is 7.06. The fourth-order valence-electron chi connectivity index (χ4n) is 2.60. The lowest BCUT2D eigenvalue weighted by Crippen LogP contribution is -2.29. The van der Waals surface area contributed by atoms with Crippen molar-refractivity contribution in [3.63, 3.8) is 0 Å². The number of ether oxygens (including phenoxy) is 1. The summed E-state index contributed by atoms with van der Waals surface area (Å²) < 4.78 is 5.50. The van der Waals surface area contributed by atoms with Crippen LogP contribution in [0.5, 0.6) is 0 Å². The van der Waals surface area contributed by atoms with Crippen LogP contribution in [0.1, 0.15) is 50.4 Å². The number of rotatable bonds is 5. The van der Waals surface area contributed by atoms with Gasteiger partial charge in [-0.05, 0) is 35.1 Å². The van der Waals surface area contributed by atoms with Crippen LogP contribution in [-0.2, 0) is 18.0 Å². The van der Waals surface area contributed by atoms with E-state index in [1.54, 1.807) is 0 Å². The van der Waals surface area contributed by atoms with E-state index in [-0.39, 0.29) is 0 Å². The quantitative estimate of drug-likeness (QED) is 0.857. The molecule has 0 saturated carbocycles. The van der Waals surface area contributed by atoms with E-state index in [1.807, 2.05) is 0 Å². The molecule has 0 saturated heterocycles. The summed E-state index contributed by atoms with van der Waals surface area (Å²) in [6.45, 7) is 11.7. The Balaban J connectivity index is 2.25. The van der Waals surface area contributed by atoms with Crippen molar-refractivity contribution in [2.45, 2.75) is 47.0 Å². The number of benzene rings is 1. The molecule has 2 heteroatoms. The highest BCUT2D eigenvalue weighted by Crippen LogP contribution is 2.30. The van der Waals surface area contributed by atoms with E-state index in [0.29, 0.717) is 17.9 Å². The lowest BCUT2D eigenvalue weighted by Gasteiger charge is -2.28. The van der Waals surface area contributed by atoms with E-state index < -0.39 is 0 Å². The molecule has 0 radical (unpaired) electrons. The van der Waals surface area contributed by atoms with Gasteiger partial charge in [-0.2, -0.15) is 0 Å². The molecule has 0 aliphatic carbocycles. The van der Waals surface area contributed by atoms with Crippen molar-refractivity contribution >= 4 is 0 Å². The smallest absolute Gasteiger partial charge is 0.0725 e. The average Bonchev–Trinajstić information content (AvgIpc) is 2.82. The van der Waals surface area contributed by atoms with Gasteiger partial charge in [0.2, 0.25) is 0 Å². The fourth-order valence-corrected chi connectivity index (χ4v) is 2.60. The minimum absolute atomic E-state index is 0.445. The van der Waals surface area contributed by atoms with E-state index in [1.165, 1.54) is 16.7 Å². The Morgan fingerprint density at radius 1 is 1.17 bits per heavy atom. The third-order valence-electron chi connectivity index (χ3n) is 4.11. The molecule has 1 aliphatic heterocycles. The molecule has 2 atom stereocenters. The van der Waals surface area contributed by atoms with Gasteiger partial charge in [0.25, 0.3) is 0 Å². The molecule has 0 spiro atoms. The molecule has 0 bridgehead atoms. The zero-order valence-corrected chi connectivity index (χ0v) is 12.0. The van der Waals surface area contributed by atoms with Gasteiger partial charge in [-0.25, -0.2) is 0 Å². The maximum absolute atomic E-state index is 5.50. The van der Waals surface area contributed by atoms with Crippen LogP contribution in [0.15, 0.2) is 18.2 Å². The van der Waals surface area contributed by atoms with Gasteiger partial charge in [-0.15, -0.1) is 0 Å². The van der Waals surface area contributed by atoms with Gasteiger partial charge in [0, 0.05) is 6.04 Å². The zero-order valence-electron chi connectivity index (χ0n) is 12.0. The average molecular weight is 247 g/mol. The molecule has 1 aromatic rings. The molecular weight excluding hydrogens is 222 g/mol. The van der Waals surface area contributed by atoms with Crippen molar-refractivity contribution in [3.8, 4) is 0 Å². The summed E-state index contributed by atoms with van der Waals surface area (Å²) in [5.74, 6) is 1.31. The minimum atomic E-state index is 0.445. The first kappa shape index (κ1) is 13.6. The predicted molar refractivity (Wildman–Crippen MR) is 75.4 cm³/mol. The molecule has 1 aliphatic rings. The molecule has 18 heavy (non-hydrogen) atoms. The van der Waals surface area contributed by atoms with Crippen LogP contribution in [0.25, 0.3) is 0 Å². The molecule has 0 aromatic heterocycles. The summed E-state index contributed by atoms with van der Waals surface area (Å²) in [6.07, 6.45) is 0. The Morgan fingerprint density at radius 3 is 2.56 bits per heavy atom. The third-order valence-corrected chi connectivity index (χ3v) is 4.11. The van der Waals surface area contributed by atoms with E-state index in [2.05, 4.69) is 51.2 Å². The molecule has 0 amide bonds. The summed E-state index contributed by atoms with van der Waals surface area (Å²) >= 11 is 0. The predicted octanol–water partition coefficient (Wildman–Crippen LogP) is 3.66. The van der Waals surface area contributed by atoms with Crippen LogP contribution < -0.4 is 5.32 Å². The number of nitrogens with one attached hydrogen (secondary N) is 1. The summed E-state index contributed by atoms with van der Waals surface area (Å²) in [6, 6.07) is 7.27. The normalized spacial score (nSPS) is 17.8. The maximum Gasteiger partial charge on any atom is 0.0725 e. The number of fused-ring (bicyclic) bond motifs is 1. The molecule has 1 aromatic carbocycles. The van der Waals surface area contributed by atoms with Crippen molar-refractivity contribution in [3.05, 3.63) is 34.9 Å². The van der Waals surface area contributed by atoms with Gasteiger partial charge in [0.05, 0.1) is 13.2 Å². The first-order chi connectivity index (χ1) is 8.63. The van der Waals surface area contributed by atoms with Crippen molar-refractivity contribution in [2.24, 2.45) is 11.8 Å². The van der Waals surface area contributed by atoms with Crippen molar-refractivity contribution in [1.82, 2.24) is 5.32 Å². The topological polar surface area (TPSA) is 21.3 Å². The highest BCUT2D eigenvalue weighted by Gasteiger charge is 2.22. The molecular formula is C16H25NO. The van der Waals surface area contributed by atoms with E-state index in [4.69, 9.17) is 4.74 Å². The van der Waals surface area contributed by atoms with Gasteiger partial charge >= 0.3 is 0 Å². The Hall–Kier alpha value is -0.860. The van der Waals surface area contributed by atoms with Crippen LogP contribution in [0, 0.1) is 11.8 Å². The molecule has 1 N–H and O–H groups in total. The molecule has 2 rings (SSSR count). The second-order valence-electron chi connectivity index (χ2n) is 5.66. The molecule has 2 unspecified atom stereocenters. The first-order valence-electron chi connectivity index (χ1n) is 7.06. The fraction of sp³-hybridized carbons (Fsp3) is 0.625. The van der Waals surface area contributed by atoms with Gasteiger partial charge in [-0.3, -0.25) is 0 Å². The Morgan fingerprint density at radius 2 is 1.89 bits per heavy atom. The van der Waals surface area contributed by atoms with Gasteiger partial charge in [0.1, 0.15) is 0 Å². The van der Waals surface area contributed by atoms with E-state index in [9.17, 15) is 0 Å². The van der Waals surface area contributed by atoms with Crippen LogP contribution in [0.3, 0.4) is 0 Å². The third kappa shape index (κ3) is 2.76. The van der Waals surface area contributed by atoms with Gasteiger partial charge in [-0.1, -0.05) is 45.9 Å². The molecule has 1 heterocycles. The molecule has 100 valence electrons. The summed E-state index contributed by atoms with van der Waals surface area (Å²) in [7, 11) is 0. The maximum atomic E-state index is 5.50. The van der Waals surface area contributed by atoms with Crippen molar-refractivity contribution in [2.75, 3.05) is 6.54 Å². The largest absolute Gasteiger partial charge is 0.372 e. The Kier molecular flexibility index (Phi) is 4.41.